The van der Waals surface area contributed by atoms with Gasteiger partial charge in [0.05, 0.1) is 15.7 Å². The first-order valence-corrected chi connectivity index (χ1v) is 12.3. The third-order valence-electron chi connectivity index (χ3n) is 4.76. The molecular formula is C23H13Cl3N2O6S. The van der Waals surface area contributed by atoms with Crippen LogP contribution in [0.5, 0.6) is 5.75 Å². The molecule has 0 aromatic heterocycles. The molecule has 0 bridgehead atoms. The van der Waals surface area contributed by atoms with Crippen molar-refractivity contribution in [3.8, 4) is 5.75 Å². The van der Waals surface area contributed by atoms with Crippen LogP contribution in [0.1, 0.15) is 5.56 Å². The van der Waals surface area contributed by atoms with Crippen LogP contribution in [-0.2, 0) is 19.7 Å². The molecule has 1 N–H and O–H groups in total. The standard InChI is InChI=1S/C23H13Cl3N2O6S/c24-14-3-8-17(9-4-14)35(32,33)34-16-6-1-13(2-7-16)11-18-21(29)27-23(31)28(22(18)30)15-5-10-19(25)20(26)12-15/h1-12H,(H,27,29,31)/b18-11+. The smallest absolute Gasteiger partial charge is 0.339 e. The van der Waals surface area contributed by atoms with E-state index in [2.05, 4.69) is 5.32 Å². The number of hydrogen-bond donors (Lipinski definition) is 1. The van der Waals surface area contributed by atoms with E-state index in [9.17, 15) is 22.8 Å². The van der Waals surface area contributed by atoms with E-state index in [1.165, 1.54) is 72.8 Å². The van der Waals surface area contributed by atoms with Crippen LogP contribution in [0.3, 0.4) is 0 Å². The van der Waals surface area contributed by atoms with Crippen molar-refractivity contribution in [1.29, 1.82) is 0 Å². The average Bonchev–Trinajstić information content (AvgIpc) is 2.80. The van der Waals surface area contributed by atoms with Crippen molar-refractivity contribution in [2.24, 2.45) is 0 Å². The number of amides is 4. The van der Waals surface area contributed by atoms with Crippen molar-refractivity contribution in [2.45, 2.75) is 4.90 Å². The number of carbonyl (C=O) groups excluding carboxylic acids is 3. The van der Waals surface area contributed by atoms with Crippen LogP contribution in [0.15, 0.2) is 77.2 Å². The van der Waals surface area contributed by atoms with E-state index < -0.39 is 28.0 Å². The van der Waals surface area contributed by atoms with Crippen LogP contribution in [0.2, 0.25) is 15.1 Å². The predicted molar refractivity (Wildman–Crippen MR) is 131 cm³/mol. The quantitative estimate of drug-likeness (QED) is 0.269. The number of nitrogens with one attached hydrogen (secondary N) is 1. The van der Waals surface area contributed by atoms with Crippen LogP contribution in [-0.4, -0.2) is 26.3 Å². The number of hydrogen-bond acceptors (Lipinski definition) is 6. The third-order valence-corrected chi connectivity index (χ3v) is 7.01. The Morgan fingerprint density at radius 2 is 1.49 bits per heavy atom. The Morgan fingerprint density at radius 1 is 0.829 bits per heavy atom. The molecule has 1 fully saturated rings. The highest BCUT2D eigenvalue weighted by molar-refractivity contribution is 7.87. The maximum atomic E-state index is 13.0. The van der Waals surface area contributed by atoms with Gasteiger partial charge in [0.25, 0.3) is 11.8 Å². The molecule has 0 radical (unpaired) electrons. The molecule has 1 aliphatic heterocycles. The first-order valence-electron chi connectivity index (χ1n) is 9.72. The molecule has 1 aliphatic rings. The number of nitrogens with zero attached hydrogens (tertiary/aromatic N) is 1. The molecule has 0 spiro atoms. The summed E-state index contributed by atoms with van der Waals surface area (Å²) in [7, 11) is -4.10. The molecule has 0 atom stereocenters. The summed E-state index contributed by atoms with van der Waals surface area (Å²) in [5.74, 6) is -1.75. The largest absolute Gasteiger partial charge is 0.379 e. The van der Waals surface area contributed by atoms with Crippen LogP contribution in [0.25, 0.3) is 6.08 Å². The minimum Gasteiger partial charge on any atom is -0.379 e. The van der Waals surface area contributed by atoms with Gasteiger partial charge in [-0.3, -0.25) is 14.9 Å². The fourth-order valence-electron chi connectivity index (χ4n) is 3.08. The second-order valence-corrected chi connectivity index (χ2v) is 9.91. The number of halogens is 3. The minimum atomic E-state index is -4.10. The van der Waals surface area contributed by atoms with Crippen molar-refractivity contribution in [3.05, 3.63) is 92.9 Å². The zero-order chi connectivity index (χ0) is 25.3. The van der Waals surface area contributed by atoms with Crippen LogP contribution in [0, 0.1) is 0 Å². The van der Waals surface area contributed by atoms with Gasteiger partial charge in [-0.1, -0.05) is 46.9 Å². The normalized spacial score (nSPS) is 15.3. The Kier molecular flexibility index (Phi) is 6.86. The summed E-state index contributed by atoms with van der Waals surface area (Å²) in [4.78, 5) is 38.3. The molecule has 8 nitrogen and oxygen atoms in total. The minimum absolute atomic E-state index is 0.00846. The molecule has 0 saturated carbocycles. The molecule has 0 aliphatic carbocycles. The summed E-state index contributed by atoms with van der Waals surface area (Å²) in [6.07, 6.45) is 1.26. The molecule has 35 heavy (non-hydrogen) atoms. The molecule has 178 valence electrons. The van der Waals surface area contributed by atoms with E-state index in [1.54, 1.807) is 0 Å². The molecule has 0 unspecified atom stereocenters. The highest BCUT2D eigenvalue weighted by Gasteiger charge is 2.37. The monoisotopic (exact) mass is 550 g/mol. The maximum absolute atomic E-state index is 13.0. The fraction of sp³-hybridized carbons (Fsp3) is 0. The number of rotatable bonds is 5. The van der Waals surface area contributed by atoms with Gasteiger partial charge < -0.3 is 4.18 Å². The summed E-state index contributed by atoms with van der Waals surface area (Å²) in [6, 6.07) is 14.3. The lowest BCUT2D eigenvalue weighted by molar-refractivity contribution is -0.122. The molecule has 12 heteroatoms. The number of imide groups is 2. The van der Waals surface area contributed by atoms with E-state index in [4.69, 9.17) is 39.0 Å². The van der Waals surface area contributed by atoms with E-state index in [0.29, 0.717) is 10.6 Å². The average molecular weight is 552 g/mol. The number of carbonyl (C=O) groups is 3. The van der Waals surface area contributed by atoms with Crippen LogP contribution >= 0.6 is 34.8 Å². The molecule has 3 aromatic rings. The first kappa shape index (κ1) is 24.7. The summed E-state index contributed by atoms with van der Waals surface area (Å²) in [6.45, 7) is 0. The van der Waals surface area contributed by atoms with Gasteiger partial charge in [0.2, 0.25) is 0 Å². The van der Waals surface area contributed by atoms with Gasteiger partial charge in [0, 0.05) is 5.02 Å². The first-order chi connectivity index (χ1) is 16.5. The van der Waals surface area contributed by atoms with E-state index >= 15 is 0 Å². The van der Waals surface area contributed by atoms with Gasteiger partial charge in [-0.05, 0) is 66.2 Å². The second kappa shape index (κ2) is 9.71. The Labute approximate surface area is 214 Å². The SMILES string of the molecule is O=C1NC(=O)N(c2ccc(Cl)c(Cl)c2)C(=O)/C1=C/c1ccc(OS(=O)(=O)c2ccc(Cl)cc2)cc1. The van der Waals surface area contributed by atoms with Crippen molar-refractivity contribution in [2.75, 3.05) is 4.90 Å². The van der Waals surface area contributed by atoms with Gasteiger partial charge in [-0.25, -0.2) is 9.69 Å². The maximum Gasteiger partial charge on any atom is 0.339 e. The number of benzene rings is 3. The Balaban J connectivity index is 1.58. The lowest BCUT2D eigenvalue weighted by Gasteiger charge is -2.26. The van der Waals surface area contributed by atoms with Gasteiger partial charge in [0.15, 0.2) is 0 Å². The van der Waals surface area contributed by atoms with Gasteiger partial charge >= 0.3 is 16.1 Å². The van der Waals surface area contributed by atoms with Crippen molar-refractivity contribution < 1.29 is 27.0 Å². The van der Waals surface area contributed by atoms with Crippen LogP contribution in [0.4, 0.5) is 10.5 Å². The summed E-state index contributed by atoms with van der Waals surface area (Å²) in [5, 5.41) is 2.82. The fourth-order valence-corrected chi connectivity index (χ4v) is 4.43. The van der Waals surface area contributed by atoms with E-state index in [0.717, 1.165) is 4.90 Å². The highest BCUT2D eigenvalue weighted by Crippen LogP contribution is 2.29. The molecule has 1 heterocycles. The van der Waals surface area contributed by atoms with Crippen molar-refractivity contribution in [1.82, 2.24) is 5.32 Å². The van der Waals surface area contributed by atoms with E-state index in [-0.39, 0.29) is 32.0 Å². The van der Waals surface area contributed by atoms with Gasteiger partial charge in [0.1, 0.15) is 16.2 Å². The summed E-state index contributed by atoms with van der Waals surface area (Å²) < 4.78 is 29.9. The highest BCUT2D eigenvalue weighted by atomic mass is 35.5. The summed E-state index contributed by atoms with van der Waals surface area (Å²) >= 11 is 17.7. The Bertz CT molecular complexity index is 1490. The Morgan fingerprint density at radius 3 is 2.11 bits per heavy atom. The number of urea groups is 1. The zero-order valence-electron chi connectivity index (χ0n) is 17.4. The van der Waals surface area contributed by atoms with Crippen molar-refractivity contribution >= 4 is 74.5 Å². The number of barbiturate groups is 1. The van der Waals surface area contributed by atoms with Gasteiger partial charge in [-0.2, -0.15) is 8.42 Å². The molecule has 4 amide bonds. The molecule has 1 saturated heterocycles. The number of anilines is 1. The van der Waals surface area contributed by atoms with E-state index in [1.807, 2.05) is 0 Å². The van der Waals surface area contributed by atoms with Gasteiger partial charge in [-0.15, -0.1) is 0 Å². The third kappa shape index (κ3) is 5.33. The second-order valence-electron chi connectivity index (χ2n) is 7.12. The molecule has 3 aromatic carbocycles. The molecule has 4 rings (SSSR count). The lowest BCUT2D eigenvalue weighted by Crippen LogP contribution is -2.54. The van der Waals surface area contributed by atoms with Crippen molar-refractivity contribution in [3.63, 3.8) is 0 Å². The zero-order valence-corrected chi connectivity index (χ0v) is 20.5. The summed E-state index contributed by atoms with van der Waals surface area (Å²) in [5.41, 5.74) is 0.178. The lowest BCUT2D eigenvalue weighted by atomic mass is 10.1. The topological polar surface area (TPSA) is 110 Å². The van der Waals surface area contributed by atoms with Crippen LogP contribution < -0.4 is 14.4 Å². The predicted octanol–water partition coefficient (Wildman–Crippen LogP) is 5.08. The molecular weight excluding hydrogens is 539 g/mol. The Hall–Kier alpha value is -3.37.